The number of nitrogens with one attached hydrogen (secondary N) is 1. The Labute approximate surface area is 200 Å². The SMILES string of the molecule is COc1c(C)cnc(CNC(=O)C2CCN(S(=O)(=O)c3ccc4c(c3)OCCCO4)CC2)c1C. The fraction of sp³-hybridized carbons (Fsp3) is 0.500. The molecular formula is C24H31N3O6S. The summed E-state index contributed by atoms with van der Waals surface area (Å²) in [6, 6.07) is 4.72. The third kappa shape index (κ3) is 4.97. The van der Waals surface area contributed by atoms with Crippen LogP contribution in [0.2, 0.25) is 0 Å². The molecule has 0 aliphatic carbocycles. The van der Waals surface area contributed by atoms with Crippen molar-refractivity contribution in [1.29, 1.82) is 0 Å². The number of carbonyl (C=O) groups excluding carboxylic acids is 1. The monoisotopic (exact) mass is 489 g/mol. The van der Waals surface area contributed by atoms with Gasteiger partial charge in [-0.15, -0.1) is 0 Å². The van der Waals surface area contributed by atoms with E-state index in [1.165, 1.54) is 10.4 Å². The van der Waals surface area contributed by atoms with Crippen LogP contribution in [0.15, 0.2) is 29.3 Å². The molecule has 10 heteroatoms. The third-order valence-electron chi connectivity index (χ3n) is 6.36. The van der Waals surface area contributed by atoms with Gasteiger partial charge in [0.15, 0.2) is 11.5 Å². The molecule has 0 radical (unpaired) electrons. The predicted octanol–water partition coefficient (Wildman–Crippen LogP) is 2.59. The number of pyridine rings is 1. The zero-order valence-corrected chi connectivity index (χ0v) is 20.6. The smallest absolute Gasteiger partial charge is 0.243 e. The summed E-state index contributed by atoms with van der Waals surface area (Å²) in [6.07, 6.45) is 3.40. The maximum absolute atomic E-state index is 13.2. The highest BCUT2D eigenvalue weighted by molar-refractivity contribution is 7.89. The van der Waals surface area contributed by atoms with Gasteiger partial charge in [0.2, 0.25) is 15.9 Å². The minimum Gasteiger partial charge on any atom is -0.496 e. The van der Waals surface area contributed by atoms with Crippen molar-refractivity contribution in [3.8, 4) is 17.2 Å². The molecule has 1 N–H and O–H groups in total. The molecule has 9 nitrogen and oxygen atoms in total. The highest BCUT2D eigenvalue weighted by Gasteiger charge is 2.33. The number of hydrogen-bond acceptors (Lipinski definition) is 7. The first-order valence-electron chi connectivity index (χ1n) is 11.5. The Balaban J connectivity index is 1.35. The van der Waals surface area contributed by atoms with E-state index in [4.69, 9.17) is 14.2 Å². The molecule has 0 spiro atoms. The molecule has 1 aromatic carbocycles. The second kappa shape index (κ2) is 10.2. The number of benzene rings is 1. The van der Waals surface area contributed by atoms with E-state index in [1.54, 1.807) is 25.4 Å². The van der Waals surface area contributed by atoms with Gasteiger partial charge < -0.3 is 19.5 Å². The molecule has 184 valence electrons. The first-order valence-corrected chi connectivity index (χ1v) is 12.9. The fourth-order valence-corrected chi connectivity index (χ4v) is 5.86. The van der Waals surface area contributed by atoms with E-state index in [2.05, 4.69) is 10.3 Å². The number of ether oxygens (including phenoxy) is 3. The Morgan fingerprint density at radius 1 is 1.18 bits per heavy atom. The van der Waals surface area contributed by atoms with Crippen molar-refractivity contribution in [2.45, 2.75) is 44.6 Å². The molecule has 0 atom stereocenters. The van der Waals surface area contributed by atoms with Crippen molar-refractivity contribution in [1.82, 2.24) is 14.6 Å². The lowest BCUT2D eigenvalue weighted by molar-refractivity contribution is -0.126. The summed E-state index contributed by atoms with van der Waals surface area (Å²) in [4.78, 5) is 17.3. The van der Waals surface area contributed by atoms with E-state index in [0.29, 0.717) is 44.1 Å². The number of methoxy groups -OCH3 is 1. The second-order valence-electron chi connectivity index (χ2n) is 8.60. The average Bonchev–Trinajstić information content (AvgIpc) is 3.09. The van der Waals surface area contributed by atoms with Crippen LogP contribution in [0, 0.1) is 19.8 Å². The number of amides is 1. The van der Waals surface area contributed by atoms with Crippen LogP contribution < -0.4 is 19.5 Å². The number of aromatic nitrogens is 1. The van der Waals surface area contributed by atoms with Crippen molar-refractivity contribution >= 4 is 15.9 Å². The molecule has 2 aliphatic rings. The topological polar surface area (TPSA) is 107 Å². The van der Waals surface area contributed by atoms with Gasteiger partial charge in [-0.1, -0.05) is 0 Å². The lowest BCUT2D eigenvalue weighted by Crippen LogP contribution is -2.42. The van der Waals surface area contributed by atoms with E-state index in [1.807, 2.05) is 13.8 Å². The molecule has 1 aromatic heterocycles. The molecule has 1 fully saturated rings. The number of nitrogens with zero attached hydrogens (tertiary/aromatic N) is 2. The minimum atomic E-state index is -3.69. The maximum atomic E-state index is 13.2. The predicted molar refractivity (Wildman–Crippen MR) is 126 cm³/mol. The van der Waals surface area contributed by atoms with Gasteiger partial charge in [0.25, 0.3) is 0 Å². The third-order valence-corrected chi connectivity index (χ3v) is 8.26. The second-order valence-corrected chi connectivity index (χ2v) is 10.5. The van der Waals surface area contributed by atoms with E-state index in [0.717, 1.165) is 29.0 Å². The van der Waals surface area contributed by atoms with Crippen LogP contribution in [0.25, 0.3) is 0 Å². The van der Waals surface area contributed by atoms with Crippen molar-refractivity contribution in [2.75, 3.05) is 33.4 Å². The molecule has 0 unspecified atom stereocenters. The Morgan fingerprint density at radius 3 is 2.59 bits per heavy atom. The number of piperidine rings is 1. The van der Waals surface area contributed by atoms with Gasteiger partial charge in [-0.05, 0) is 38.8 Å². The molecule has 4 rings (SSSR count). The van der Waals surface area contributed by atoms with Gasteiger partial charge in [0.1, 0.15) is 5.75 Å². The molecule has 0 saturated carbocycles. The van der Waals surface area contributed by atoms with Crippen LogP contribution in [-0.4, -0.2) is 57.0 Å². The zero-order chi connectivity index (χ0) is 24.3. The molecule has 2 aromatic rings. The van der Waals surface area contributed by atoms with E-state index >= 15 is 0 Å². The van der Waals surface area contributed by atoms with Gasteiger partial charge >= 0.3 is 0 Å². The molecule has 1 saturated heterocycles. The number of fused-ring (bicyclic) bond motifs is 1. The zero-order valence-electron chi connectivity index (χ0n) is 19.8. The van der Waals surface area contributed by atoms with Crippen LogP contribution in [0.4, 0.5) is 0 Å². The first kappa shape index (κ1) is 24.3. The summed E-state index contributed by atoms with van der Waals surface area (Å²) in [5, 5.41) is 2.95. The van der Waals surface area contributed by atoms with Crippen LogP contribution in [0.1, 0.15) is 36.1 Å². The summed E-state index contributed by atoms with van der Waals surface area (Å²) in [6.45, 7) is 5.74. The molecule has 2 aliphatic heterocycles. The summed E-state index contributed by atoms with van der Waals surface area (Å²) >= 11 is 0. The lowest BCUT2D eigenvalue weighted by Gasteiger charge is -2.30. The van der Waals surface area contributed by atoms with E-state index in [-0.39, 0.29) is 29.8 Å². The molecular weight excluding hydrogens is 458 g/mol. The normalized spacial score (nSPS) is 17.1. The summed E-state index contributed by atoms with van der Waals surface area (Å²) in [7, 11) is -2.07. The summed E-state index contributed by atoms with van der Waals surface area (Å²) < 4.78 is 44.5. The largest absolute Gasteiger partial charge is 0.496 e. The average molecular weight is 490 g/mol. The Morgan fingerprint density at radius 2 is 1.88 bits per heavy atom. The molecule has 34 heavy (non-hydrogen) atoms. The van der Waals surface area contributed by atoms with Gasteiger partial charge in [0.05, 0.1) is 37.5 Å². The van der Waals surface area contributed by atoms with Crippen LogP contribution in [0.3, 0.4) is 0 Å². The molecule has 1 amide bonds. The summed E-state index contributed by atoms with van der Waals surface area (Å²) in [5.74, 6) is 1.44. The van der Waals surface area contributed by atoms with Crippen molar-refractivity contribution in [2.24, 2.45) is 5.92 Å². The molecule has 3 heterocycles. The Bertz CT molecular complexity index is 1160. The van der Waals surface area contributed by atoms with Crippen LogP contribution >= 0.6 is 0 Å². The van der Waals surface area contributed by atoms with Crippen LogP contribution in [-0.2, 0) is 21.4 Å². The van der Waals surface area contributed by atoms with E-state index in [9.17, 15) is 13.2 Å². The van der Waals surface area contributed by atoms with Crippen LogP contribution in [0.5, 0.6) is 17.2 Å². The highest BCUT2D eigenvalue weighted by Crippen LogP contribution is 2.34. The Hall–Kier alpha value is -2.85. The fourth-order valence-electron chi connectivity index (χ4n) is 4.38. The van der Waals surface area contributed by atoms with Gasteiger partial charge in [-0.25, -0.2) is 8.42 Å². The summed E-state index contributed by atoms with van der Waals surface area (Å²) in [5.41, 5.74) is 2.60. The maximum Gasteiger partial charge on any atom is 0.243 e. The number of carbonyl (C=O) groups is 1. The number of aryl methyl sites for hydroxylation is 1. The number of sulfonamides is 1. The Kier molecular flexibility index (Phi) is 7.27. The minimum absolute atomic E-state index is 0.0895. The van der Waals surface area contributed by atoms with Gasteiger partial charge in [0, 0.05) is 48.8 Å². The highest BCUT2D eigenvalue weighted by atomic mass is 32.2. The van der Waals surface area contributed by atoms with Gasteiger partial charge in [-0.2, -0.15) is 4.31 Å². The van der Waals surface area contributed by atoms with Crippen molar-refractivity contribution in [3.05, 3.63) is 41.2 Å². The quantitative estimate of drug-likeness (QED) is 0.665. The van der Waals surface area contributed by atoms with Crippen molar-refractivity contribution < 1.29 is 27.4 Å². The van der Waals surface area contributed by atoms with Gasteiger partial charge in [-0.3, -0.25) is 9.78 Å². The number of hydrogen-bond donors (Lipinski definition) is 1. The van der Waals surface area contributed by atoms with E-state index < -0.39 is 10.0 Å². The van der Waals surface area contributed by atoms with Crippen molar-refractivity contribution in [3.63, 3.8) is 0 Å². The lowest BCUT2D eigenvalue weighted by atomic mass is 9.97. The molecule has 0 bridgehead atoms. The standard InChI is InChI=1S/C24H31N3O6S/c1-16-14-25-20(17(2)23(16)31-3)15-26-24(28)18-7-9-27(10-8-18)34(29,30)19-5-6-21-22(13-19)33-12-4-11-32-21/h5-6,13-14,18H,4,7-12,15H2,1-3H3,(H,26,28). The first-order chi connectivity index (χ1) is 16.3. The number of rotatable bonds is 6.